The summed E-state index contributed by atoms with van der Waals surface area (Å²) in [6.07, 6.45) is 4.22. The second kappa shape index (κ2) is 7.40. The quantitative estimate of drug-likeness (QED) is 0.663. The molecule has 0 aromatic heterocycles. The van der Waals surface area contributed by atoms with E-state index in [2.05, 4.69) is 48.3 Å². The first-order chi connectivity index (χ1) is 10.5. The van der Waals surface area contributed by atoms with Crippen LogP contribution in [0.3, 0.4) is 0 Å². The number of nitrogens with two attached hydrogens (primary N) is 1. The first kappa shape index (κ1) is 16.5. The summed E-state index contributed by atoms with van der Waals surface area (Å²) < 4.78 is 0. The Balaban J connectivity index is 2.12. The number of nitrogens with zero attached hydrogens (tertiary/aromatic N) is 2. The standard InChI is InChI=1S/C17H26N4O/c1-12-4-6-21(7-5-12)11-16-9-13(2)8-15(14(16)3)10-19-20-17(18)22/h8-10,12H,4-7,11H2,1-3H3,(H3,18,20,22). The number of hydrogen-bond acceptors (Lipinski definition) is 3. The molecule has 0 atom stereocenters. The molecule has 120 valence electrons. The Bertz CT molecular complexity index is 560. The summed E-state index contributed by atoms with van der Waals surface area (Å²) in [7, 11) is 0. The number of primary amides is 1. The fourth-order valence-corrected chi connectivity index (χ4v) is 2.89. The smallest absolute Gasteiger partial charge is 0.332 e. The Hall–Kier alpha value is -1.88. The van der Waals surface area contributed by atoms with Crippen molar-refractivity contribution in [3.63, 3.8) is 0 Å². The maximum atomic E-state index is 10.7. The van der Waals surface area contributed by atoms with Crippen molar-refractivity contribution in [2.24, 2.45) is 16.8 Å². The van der Waals surface area contributed by atoms with E-state index in [0.717, 1.165) is 18.0 Å². The van der Waals surface area contributed by atoms with E-state index in [-0.39, 0.29) is 0 Å². The van der Waals surface area contributed by atoms with Gasteiger partial charge in [0.05, 0.1) is 6.21 Å². The molecule has 1 fully saturated rings. The largest absolute Gasteiger partial charge is 0.350 e. The van der Waals surface area contributed by atoms with Crippen molar-refractivity contribution in [1.82, 2.24) is 10.3 Å². The Kier molecular flexibility index (Phi) is 5.55. The summed E-state index contributed by atoms with van der Waals surface area (Å²) in [5.74, 6) is 0.845. The van der Waals surface area contributed by atoms with E-state index in [0.29, 0.717) is 0 Å². The van der Waals surface area contributed by atoms with Crippen LogP contribution in [-0.2, 0) is 6.54 Å². The lowest BCUT2D eigenvalue weighted by atomic mass is 9.96. The maximum Gasteiger partial charge on any atom is 0.332 e. The fourth-order valence-electron chi connectivity index (χ4n) is 2.89. The summed E-state index contributed by atoms with van der Waals surface area (Å²) in [5, 5.41) is 3.88. The number of aryl methyl sites for hydroxylation is 1. The van der Waals surface area contributed by atoms with Crippen LogP contribution in [0.15, 0.2) is 17.2 Å². The highest BCUT2D eigenvalue weighted by Gasteiger charge is 2.17. The zero-order valence-corrected chi connectivity index (χ0v) is 13.7. The van der Waals surface area contributed by atoms with Crippen LogP contribution in [0.4, 0.5) is 4.79 Å². The van der Waals surface area contributed by atoms with E-state index in [9.17, 15) is 4.79 Å². The van der Waals surface area contributed by atoms with Crippen molar-refractivity contribution in [3.05, 3.63) is 34.4 Å². The topological polar surface area (TPSA) is 70.7 Å². The van der Waals surface area contributed by atoms with Crippen LogP contribution < -0.4 is 11.2 Å². The van der Waals surface area contributed by atoms with Gasteiger partial charge < -0.3 is 5.73 Å². The van der Waals surface area contributed by atoms with Crippen LogP contribution in [-0.4, -0.2) is 30.2 Å². The number of hydrogen-bond donors (Lipinski definition) is 2. The zero-order valence-electron chi connectivity index (χ0n) is 13.7. The average Bonchev–Trinajstić information content (AvgIpc) is 2.45. The molecule has 1 aliphatic rings. The third-order valence-corrected chi connectivity index (χ3v) is 4.35. The van der Waals surface area contributed by atoms with Gasteiger partial charge >= 0.3 is 6.03 Å². The van der Waals surface area contributed by atoms with Crippen molar-refractivity contribution in [1.29, 1.82) is 0 Å². The first-order valence-electron chi connectivity index (χ1n) is 7.86. The summed E-state index contributed by atoms with van der Waals surface area (Å²) in [6, 6.07) is 3.67. The molecule has 0 spiro atoms. The Labute approximate surface area is 132 Å². The third-order valence-electron chi connectivity index (χ3n) is 4.35. The van der Waals surface area contributed by atoms with Crippen molar-refractivity contribution >= 4 is 12.2 Å². The number of carbonyl (C=O) groups is 1. The number of benzene rings is 1. The van der Waals surface area contributed by atoms with Gasteiger partial charge in [-0.3, -0.25) is 4.90 Å². The number of likely N-dealkylation sites (tertiary alicyclic amines) is 1. The minimum Gasteiger partial charge on any atom is -0.350 e. The molecule has 22 heavy (non-hydrogen) atoms. The highest BCUT2D eigenvalue weighted by Crippen LogP contribution is 2.21. The average molecular weight is 302 g/mol. The minimum atomic E-state index is -0.649. The lowest BCUT2D eigenvalue weighted by Gasteiger charge is -2.30. The minimum absolute atomic E-state index is 0.649. The van der Waals surface area contributed by atoms with Gasteiger partial charge in [0, 0.05) is 6.54 Å². The molecule has 1 aliphatic heterocycles. The Morgan fingerprint density at radius 1 is 1.41 bits per heavy atom. The van der Waals surface area contributed by atoms with Gasteiger partial charge in [-0.2, -0.15) is 5.10 Å². The number of hydrazone groups is 1. The van der Waals surface area contributed by atoms with Gasteiger partial charge in [0.15, 0.2) is 0 Å². The predicted octanol–water partition coefficient (Wildman–Crippen LogP) is 2.54. The molecule has 3 N–H and O–H groups in total. The van der Waals surface area contributed by atoms with Crippen LogP contribution in [0.5, 0.6) is 0 Å². The molecular formula is C17H26N4O. The Morgan fingerprint density at radius 2 is 2.09 bits per heavy atom. The number of nitrogens with one attached hydrogen (secondary N) is 1. The van der Waals surface area contributed by atoms with Crippen LogP contribution >= 0.6 is 0 Å². The molecule has 2 amide bonds. The normalized spacial score (nSPS) is 17.0. The lowest BCUT2D eigenvalue weighted by molar-refractivity contribution is 0.185. The molecule has 5 nitrogen and oxygen atoms in total. The summed E-state index contributed by atoms with van der Waals surface area (Å²) in [4.78, 5) is 13.2. The van der Waals surface area contributed by atoms with E-state index in [1.165, 1.54) is 42.6 Å². The van der Waals surface area contributed by atoms with Gasteiger partial charge in [-0.1, -0.05) is 24.6 Å². The van der Waals surface area contributed by atoms with Crippen LogP contribution in [0, 0.1) is 19.8 Å². The van der Waals surface area contributed by atoms with E-state index < -0.39 is 6.03 Å². The lowest BCUT2D eigenvalue weighted by Crippen LogP contribution is -2.32. The van der Waals surface area contributed by atoms with Crippen molar-refractivity contribution in [2.45, 2.75) is 40.2 Å². The number of urea groups is 1. The van der Waals surface area contributed by atoms with E-state index in [1.54, 1.807) is 6.21 Å². The molecule has 0 unspecified atom stereocenters. The monoisotopic (exact) mass is 302 g/mol. The molecular weight excluding hydrogens is 276 g/mol. The third kappa shape index (κ3) is 4.56. The molecule has 1 aromatic rings. The number of amides is 2. The molecule has 1 heterocycles. The highest BCUT2D eigenvalue weighted by molar-refractivity contribution is 5.84. The fraction of sp³-hybridized carbons (Fsp3) is 0.529. The molecule has 1 saturated heterocycles. The second-order valence-electron chi connectivity index (χ2n) is 6.33. The van der Waals surface area contributed by atoms with Crippen molar-refractivity contribution in [2.75, 3.05) is 13.1 Å². The molecule has 2 rings (SSSR count). The van der Waals surface area contributed by atoms with Gasteiger partial charge in [-0.15, -0.1) is 0 Å². The maximum absolute atomic E-state index is 10.7. The predicted molar refractivity (Wildman–Crippen MR) is 89.9 cm³/mol. The van der Waals surface area contributed by atoms with Crippen LogP contribution in [0.1, 0.15) is 42.0 Å². The van der Waals surface area contributed by atoms with E-state index >= 15 is 0 Å². The molecule has 0 bridgehead atoms. The van der Waals surface area contributed by atoms with Gasteiger partial charge in [-0.05, 0) is 62.4 Å². The van der Waals surface area contributed by atoms with E-state index in [4.69, 9.17) is 5.73 Å². The van der Waals surface area contributed by atoms with Gasteiger partial charge in [0.2, 0.25) is 0 Å². The van der Waals surface area contributed by atoms with E-state index in [1.807, 2.05) is 0 Å². The van der Waals surface area contributed by atoms with Crippen molar-refractivity contribution < 1.29 is 4.79 Å². The first-order valence-corrected chi connectivity index (χ1v) is 7.86. The zero-order chi connectivity index (χ0) is 16.1. The molecule has 0 radical (unpaired) electrons. The molecule has 0 aliphatic carbocycles. The summed E-state index contributed by atoms with van der Waals surface area (Å²) in [6.45, 7) is 9.83. The molecule has 5 heteroatoms. The SMILES string of the molecule is Cc1cc(C=NNC(N)=O)c(C)c(CN2CCC(C)CC2)c1. The van der Waals surface area contributed by atoms with Gasteiger partial charge in [0.25, 0.3) is 0 Å². The Morgan fingerprint density at radius 3 is 2.73 bits per heavy atom. The highest BCUT2D eigenvalue weighted by atomic mass is 16.2. The number of piperidine rings is 1. The second-order valence-corrected chi connectivity index (χ2v) is 6.33. The summed E-state index contributed by atoms with van der Waals surface area (Å²) in [5.41, 5.74) is 12.0. The van der Waals surface area contributed by atoms with Gasteiger partial charge in [0.1, 0.15) is 0 Å². The molecule has 0 saturated carbocycles. The number of rotatable bonds is 4. The van der Waals surface area contributed by atoms with Gasteiger partial charge in [-0.25, -0.2) is 10.2 Å². The van der Waals surface area contributed by atoms with Crippen LogP contribution in [0.25, 0.3) is 0 Å². The van der Waals surface area contributed by atoms with Crippen LogP contribution in [0.2, 0.25) is 0 Å². The summed E-state index contributed by atoms with van der Waals surface area (Å²) >= 11 is 0. The molecule has 1 aromatic carbocycles. The van der Waals surface area contributed by atoms with Crippen molar-refractivity contribution in [3.8, 4) is 0 Å². The number of carbonyl (C=O) groups excluding carboxylic acids is 1.